The van der Waals surface area contributed by atoms with Gasteiger partial charge >= 0.3 is 0 Å². The van der Waals surface area contributed by atoms with Crippen molar-refractivity contribution >= 4 is 22.7 Å². The van der Waals surface area contributed by atoms with Crippen LogP contribution >= 0.6 is 11.3 Å². The number of rotatable bonds is 5. The highest BCUT2D eigenvalue weighted by Crippen LogP contribution is 2.14. The van der Waals surface area contributed by atoms with Crippen LogP contribution in [0.5, 0.6) is 0 Å². The molecular formula is C11H14N4S. The van der Waals surface area contributed by atoms with Crippen LogP contribution in [0.15, 0.2) is 30.2 Å². The molecule has 0 unspecified atom stereocenters. The summed E-state index contributed by atoms with van der Waals surface area (Å²) in [5, 5.41) is 6.54. The topological polar surface area (TPSA) is 49.8 Å². The van der Waals surface area contributed by atoms with Gasteiger partial charge in [0.2, 0.25) is 0 Å². The maximum atomic E-state index is 4.17. The van der Waals surface area contributed by atoms with Crippen molar-refractivity contribution in [3.05, 3.63) is 35.0 Å². The molecule has 0 saturated heterocycles. The van der Waals surface area contributed by atoms with Crippen molar-refractivity contribution in [1.29, 1.82) is 0 Å². The van der Waals surface area contributed by atoms with Crippen LogP contribution in [0.3, 0.4) is 0 Å². The fourth-order valence-corrected chi connectivity index (χ4v) is 1.89. The maximum Gasteiger partial charge on any atom is 0.0794 e. The zero-order valence-electron chi connectivity index (χ0n) is 9.10. The second-order valence-corrected chi connectivity index (χ2v) is 4.28. The Labute approximate surface area is 98.8 Å². The normalized spacial score (nSPS) is 10.1. The molecule has 0 spiro atoms. The molecule has 0 amide bonds. The molecule has 2 N–H and O–H groups in total. The van der Waals surface area contributed by atoms with Gasteiger partial charge in [0.25, 0.3) is 0 Å². The van der Waals surface area contributed by atoms with Crippen LogP contribution < -0.4 is 10.6 Å². The summed E-state index contributed by atoms with van der Waals surface area (Å²) in [4.78, 5) is 9.41. The van der Waals surface area contributed by atoms with Gasteiger partial charge in [-0.1, -0.05) is 0 Å². The fraction of sp³-hybridized carbons (Fsp3) is 0.273. The highest BCUT2D eigenvalue weighted by molar-refractivity contribution is 7.09. The molecule has 0 aromatic carbocycles. The Balaban J connectivity index is 1.96. The Kier molecular flexibility index (Phi) is 3.71. The molecule has 2 aromatic rings. The van der Waals surface area contributed by atoms with Crippen molar-refractivity contribution in [2.45, 2.75) is 13.5 Å². The van der Waals surface area contributed by atoms with E-state index in [0.717, 1.165) is 24.5 Å². The van der Waals surface area contributed by atoms with Crippen molar-refractivity contribution in [2.75, 3.05) is 17.2 Å². The molecule has 4 nitrogen and oxygen atoms in total. The lowest BCUT2D eigenvalue weighted by molar-refractivity contribution is 1.15. The van der Waals surface area contributed by atoms with Gasteiger partial charge in [-0.2, -0.15) is 0 Å². The van der Waals surface area contributed by atoms with Gasteiger partial charge in [-0.05, 0) is 13.0 Å². The average Bonchev–Trinajstić information content (AvgIpc) is 2.80. The molecule has 0 saturated carbocycles. The van der Waals surface area contributed by atoms with E-state index in [-0.39, 0.29) is 0 Å². The summed E-state index contributed by atoms with van der Waals surface area (Å²) < 4.78 is 0. The molecule has 0 aliphatic carbocycles. The SMILES string of the molecule is CCNc1cncc(NCc2cncs2)c1. The van der Waals surface area contributed by atoms with Gasteiger partial charge < -0.3 is 10.6 Å². The standard InChI is InChI=1S/C11H14N4S/c1-2-14-9-3-10(5-12-4-9)15-7-11-6-13-8-16-11/h3-6,8,14-15H,2,7H2,1H3. The lowest BCUT2D eigenvalue weighted by Gasteiger charge is -2.07. The minimum Gasteiger partial charge on any atom is -0.384 e. The lowest BCUT2D eigenvalue weighted by atomic mass is 10.3. The summed E-state index contributed by atoms with van der Waals surface area (Å²) in [6, 6.07) is 2.05. The third-order valence-corrected chi connectivity index (χ3v) is 2.85. The minimum absolute atomic E-state index is 0.794. The van der Waals surface area contributed by atoms with E-state index in [1.807, 2.05) is 24.1 Å². The summed E-state index contributed by atoms with van der Waals surface area (Å²) in [5.41, 5.74) is 3.90. The Bertz CT molecular complexity index is 427. The largest absolute Gasteiger partial charge is 0.384 e. The number of nitrogens with zero attached hydrogens (tertiary/aromatic N) is 2. The summed E-state index contributed by atoms with van der Waals surface area (Å²) in [6.45, 7) is 3.76. The van der Waals surface area contributed by atoms with E-state index in [1.165, 1.54) is 4.88 Å². The minimum atomic E-state index is 0.794. The highest BCUT2D eigenvalue weighted by atomic mass is 32.1. The van der Waals surface area contributed by atoms with Gasteiger partial charge in [0.1, 0.15) is 0 Å². The Morgan fingerprint density at radius 2 is 1.94 bits per heavy atom. The van der Waals surface area contributed by atoms with E-state index in [4.69, 9.17) is 0 Å². The molecule has 0 bridgehead atoms. The van der Waals surface area contributed by atoms with Crippen molar-refractivity contribution < 1.29 is 0 Å². The molecule has 0 aliphatic heterocycles. The predicted octanol–water partition coefficient (Wildman–Crippen LogP) is 2.58. The molecule has 0 fully saturated rings. The summed E-state index contributed by atoms with van der Waals surface area (Å²) in [6.07, 6.45) is 5.52. The van der Waals surface area contributed by atoms with Crippen molar-refractivity contribution in [3.8, 4) is 0 Å². The van der Waals surface area contributed by atoms with Crippen LogP contribution in [-0.4, -0.2) is 16.5 Å². The van der Waals surface area contributed by atoms with Crippen LogP contribution in [0.25, 0.3) is 0 Å². The number of nitrogens with one attached hydrogen (secondary N) is 2. The zero-order chi connectivity index (χ0) is 11.2. The molecule has 84 valence electrons. The second kappa shape index (κ2) is 5.46. The Morgan fingerprint density at radius 1 is 1.12 bits per heavy atom. The van der Waals surface area contributed by atoms with Crippen molar-refractivity contribution in [3.63, 3.8) is 0 Å². The first-order chi connectivity index (χ1) is 7.88. The molecule has 2 rings (SSSR count). The number of hydrogen-bond donors (Lipinski definition) is 2. The van der Waals surface area contributed by atoms with E-state index in [1.54, 1.807) is 11.3 Å². The van der Waals surface area contributed by atoms with E-state index in [2.05, 4.69) is 33.6 Å². The van der Waals surface area contributed by atoms with Gasteiger partial charge in [0.05, 0.1) is 35.8 Å². The van der Waals surface area contributed by atoms with Crippen LogP contribution in [-0.2, 0) is 6.54 Å². The molecular weight excluding hydrogens is 220 g/mol. The lowest BCUT2D eigenvalue weighted by Crippen LogP contribution is -2.01. The molecule has 0 aliphatic rings. The molecule has 16 heavy (non-hydrogen) atoms. The number of pyridine rings is 1. The fourth-order valence-electron chi connectivity index (χ4n) is 1.36. The van der Waals surface area contributed by atoms with Gasteiger partial charge in [0, 0.05) is 17.6 Å². The molecule has 5 heteroatoms. The third kappa shape index (κ3) is 2.93. The number of thiazole rings is 1. The first kappa shape index (κ1) is 10.9. The van der Waals surface area contributed by atoms with E-state index >= 15 is 0 Å². The third-order valence-electron chi connectivity index (χ3n) is 2.07. The van der Waals surface area contributed by atoms with Gasteiger partial charge in [0.15, 0.2) is 0 Å². The van der Waals surface area contributed by atoms with Crippen molar-refractivity contribution in [2.24, 2.45) is 0 Å². The molecule has 2 heterocycles. The van der Waals surface area contributed by atoms with Crippen LogP contribution in [0.4, 0.5) is 11.4 Å². The van der Waals surface area contributed by atoms with Gasteiger partial charge in [-0.3, -0.25) is 9.97 Å². The van der Waals surface area contributed by atoms with E-state index in [0.29, 0.717) is 0 Å². The van der Waals surface area contributed by atoms with Crippen LogP contribution in [0.2, 0.25) is 0 Å². The first-order valence-corrected chi connectivity index (χ1v) is 6.06. The molecule has 2 aromatic heterocycles. The van der Waals surface area contributed by atoms with Crippen LogP contribution in [0.1, 0.15) is 11.8 Å². The number of aromatic nitrogens is 2. The Morgan fingerprint density at radius 3 is 2.62 bits per heavy atom. The van der Waals surface area contributed by atoms with Gasteiger partial charge in [-0.15, -0.1) is 11.3 Å². The zero-order valence-corrected chi connectivity index (χ0v) is 9.92. The number of anilines is 2. The van der Waals surface area contributed by atoms with E-state index in [9.17, 15) is 0 Å². The Hall–Kier alpha value is -1.62. The molecule has 0 radical (unpaired) electrons. The number of hydrogen-bond acceptors (Lipinski definition) is 5. The molecule has 0 atom stereocenters. The monoisotopic (exact) mass is 234 g/mol. The second-order valence-electron chi connectivity index (χ2n) is 3.31. The predicted molar refractivity (Wildman–Crippen MR) is 67.8 cm³/mol. The van der Waals surface area contributed by atoms with Crippen LogP contribution in [0, 0.1) is 0 Å². The maximum absolute atomic E-state index is 4.17. The summed E-state index contributed by atoms with van der Waals surface area (Å²) >= 11 is 1.65. The summed E-state index contributed by atoms with van der Waals surface area (Å²) in [5.74, 6) is 0. The highest BCUT2D eigenvalue weighted by Gasteiger charge is 1.97. The van der Waals surface area contributed by atoms with E-state index < -0.39 is 0 Å². The first-order valence-electron chi connectivity index (χ1n) is 5.18. The van der Waals surface area contributed by atoms with Gasteiger partial charge in [-0.25, -0.2) is 0 Å². The average molecular weight is 234 g/mol. The van der Waals surface area contributed by atoms with Crippen molar-refractivity contribution in [1.82, 2.24) is 9.97 Å². The quantitative estimate of drug-likeness (QED) is 0.835. The summed E-state index contributed by atoms with van der Waals surface area (Å²) in [7, 11) is 0. The smallest absolute Gasteiger partial charge is 0.0794 e.